The van der Waals surface area contributed by atoms with E-state index in [-0.39, 0.29) is 22.8 Å². The Hall–Kier alpha value is -1.16. The Bertz CT molecular complexity index is 393. The third-order valence-corrected chi connectivity index (χ3v) is 2.78. The summed E-state index contributed by atoms with van der Waals surface area (Å²) in [6.45, 7) is 2.01. The molecule has 1 aliphatic rings. The molecule has 0 spiro atoms. The third-order valence-electron chi connectivity index (χ3n) is 2.60. The van der Waals surface area contributed by atoms with Crippen LogP contribution in [0.1, 0.15) is 36.7 Å². The van der Waals surface area contributed by atoms with Gasteiger partial charge in [0.1, 0.15) is 10.8 Å². The summed E-state index contributed by atoms with van der Waals surface area (Å²) >= 11 is 5.67. The van der Waals surface area contributed by atoms with Crippen LogP contribution in [-0.4, -0.2) is 21.9 Å². The number of aromatic nitrogens is 2. The molecule has 1 aliphatic carbocycles. The zero-order chi connectivity index (χ0) is 11.5. The highest BCUT2D eigenvalue weighted by Crippen LogP contribution is 2.33. The Labute approximate surface area is 99.4 Å². The van der Waals surface area contributed by atoms with Crippen LogP contribution in [0.5, 0.6) is 0 Å². The van der Waals surface area contributed by atoms with Gasteiger partial charge in [0.05, 0.1) is 12.4 Å². The lowest BCUT2D eigenvalue weighted by Crippen LogP contribution is -2.33. The molecule has 1 aromatic heterocycles. The molecule has 0 radical (unpaired) electrons. The summed E-state index contributed by atoms with van der Waals surface area (Å²) < 4.78 is 0. The van der Waals surface area contributed by atoms with Gasteiger partial charge in [-0.25, -0.2) is 4.98 Å². The number of halogens is 1. The molecule has 1 N–H and O–H groups in total. The molecule has 86 valence electrons. The molecule has 1 saturated carbocycles. The number of carbonyl (C=O) groups is 1. The van der Waals surface area contributed by atoms with Crippen molar-refractivity contribution in [3.8, 4) is 0 Å². The predicted octanol–water partition coefficient (Wildman–Crippen LogP) is 2.05. The molecule has 4 nitrogen and oxygen atoms in total. The van der Waals surface area contributed by atoms with Crippen molar-refractivity contribution in [3.63, 3.8) is 0 Å². The summed E-state index contributed by atoms with van der Waals surface area (Å²) in [5, 5.41) is 3.13. The van der Waals surface area contributed by atoms with Gasteiger partial charge >= 0.3 is 0 Å². The van der Waals surface area contributed by atoms with Gasteiger partial charge in [0.15, 0.2) is 0 Å². The Morgan fingerprint density at radius 3 is 3.00 bits per heavy atom. The highest BCUT2D eigenvalue weighted by Gasteiger charge is 2.24. The fraction of sp³-hybridized carbons (Fsp3) is 0.545. The fourth-order valence-electron chi connectivity index (χ4n) is 1.66. The normalized spacial score (nSPS) is 16.9. The van der Waals surface area contributed by atoms with Crippen LogP contribution in [0.2, 0.25) is 5.15 Å². The Morgan fingerprint density at radius 2 is 2.38 bits per heavy atom. The Morgan fingerprint density at radius 1 is 1.62 bits per heavy atom. The van der Waals surface area contributed by atoms with E-state index in [1.54, 1.807) is 0 Å². The van der Waals surface area contributed by atoms with Gasteiger partial charge in [-0.05, 0) is 19.3 Å². The molecule has 16 heavy (non-hydrogen) atoms. The summed E-state index contributed by atoms with van der Waals surface area (Å²) in [5.74, 6) is 0.587. The minimum absolute atomic E-state index is 0.181. The van der Waals surface area contributed by atoms with Crippen LogP contribution in [0.15, 0.2) is 12.4 Å². The maximum atomic E-state index is 11.7. The summed E-state index contributed by atoms with van der Waals surface area (Å²) in [6, 6.07) is 0.181. The number of hydrogen-bond donors (Lipinski definition) is 1. The summed E-state index contributed by atoms with van der Waals surface area (Å²) in [6.07, 6.45) is 6.45. The first-order chi connectivity index (χ1) is 7.65. The van der Waals surface area contributed by atoms with Crippen molar-refractivity contribution in [2.24, 2.45) is 5.92 Å². The molecule has 1 unspecified atom stereocenters. The molecule has 1 aromatic rings. The largest absolute Gasteiger partial charge is 0.348 e. The molecule has 1 heterocycles. The van der Waals surface area contributed by atoms with Gasteiger partial charge in [0, 0.05) is 6.04 Å². The van der Waals surface area contributed by atoms with Crippen LogP contribution < -0.4 is 5.32 Å². The number of nitrogens with one attached hydrogen (secondary N) is 1. The average Bonchev–Trinajstić information content (AvgIpc) is 3.01. The topological polar surface area (TPSA) is 54.9 Å². The Kier molecular flexibility index (Phi) is 3.39. The second-order valence-corrected chi connectivity index (χ2v) is 4.67. The van der Waals surface area contributed by atoms with Crippen molar-refractivity contribution < 1.29 is 4.79 Å². The predicted molar refractivity (Wildman–Crippen MR) is 61.3 cm³/mol. The van der Waals surface area contributed by atoms with Crippen molar-refractivity contribution in [3.05, 3.63) is 23.2 Å². The molecular formula is C11H14ClN3O. The van der Waals surface area contributed by atoms with Crippen LogP contribution in [-0.2, 0) is 0 Å². The zero-order valence-corrected chi connectivity index (χ0v) is 9.87. The van der Waals surface area contributed by atoms with Gasteiger partial charge < -0.3 is 5.32 Å². The molecule has 5 heteroatoms. The maximum Gasteiger partial charge on any atom is 0.271 e. The number of carbonyl (C=O) groups excluding carboxylic acids is 1. The van der Waals surface area contributed by atoms with Crippen LogP contribution in [0.4, 0.5) is 0 Å². The molecule has 1 fully saturated rings. The minimum Gasteiger partial charge on any atom is -0.348 e. The van der Waals surface area contributed by atoms with Crippen molar-refractivity contribution in [2.75, 3.05) is 0 Å². The van der Waals surface area contributed by atoms with Gasteiger partial charge in [-0.2, -0.15) is 0 Å². The first-order valence-electron chi connectivity index (χ1n) is 5.43. The molecule has 0 bridgehead atoms. The van der Waals surface area contributed by atoms with E-state index in [4.69, 9.17) is 11.6 Å². The van der Waals surface area contributed by atoms with Gasteiger partial charge in [-0.15, -0.1) is 0 Å². The number of rotatable bonds is 4. The van der Waals surface area contributed by atoms with E-state index in [0.717, 1.165) is 12.3 Å². The van der Waals surface area contributed by atoms with E-state index in [0.29, 0.717) is 0 Å². The lowest BCUT2D eigenvalue weighted by Gasteiger charge is -2.12. The van der Waals surface area contributed by atoms with E-state index >= 15 is 0 Å². The van der Waals surface area contributed by atoms with E-state index in [2.05, 4.69) is 15.3 Å². The number of nitrogens with zero attached hydrogens (tertiary/aromatic N) is 2. The lowest BCUT2D eigenvalue weighted by molar-refractivity contribution is 0.0932. The second-order valence-electron chi connectivity index (χ2n) is 4.28. The van der Waals surface area contributed by atoms with Gasteiger partial charge in [-0.1, -0.05) is 24.4 Å². The first-order valence-corrected chi connectivity index (χ1v) is 5.81. The quantitative estimate of drug-likeness (QED) is 0.875. The van der Waals surface area contributed by atoms with Crippen LogP contribution in [0.3, 0.4) is 0 Å². The second kappa shape index (κ2) is 4.78. The van der Waals surface area contributed by atoms with E-state index in [1.807, 2.05) is 6.92 Å². The van der Waals surface area contributed by atoms with Gasteiger partial charge in [-0.3, -0.25) is 9.78 Å². The van der Waals surface area contributed by atoms with E-state index < -0.39 is 0 Å². The first kappa shape index (κ1) is 11.3. The SMILES string of the molecule is CC(CC1CC1)NC(=O)c1cncc(Cl)n1. The molecular weight excluding hydrogens is 226 g/mol. The number of amides is 1. The molecule has 1 amide bonds. The van der Waals surface area contributed by atoms with E-state index in [9.17, 15) is 4.79 Å². The van der Waals surface area contributed by atoms with Crippen molar-refractivity contribution in [2.45, 2.75) is 32.2 Å². The molecule has 2 rings (SSSR count). The maximum absolute atomic E-state index is 11.7. The molecule has 0 saturated heterocycles. The molecule has 0 aliphatic heterocycles. The van der Waals surface area contributed by atoms with E-state index in [1.165, 1.54) is 25.2 Å². The summed E-state index contributed by atoms with van der Waals surface area (Å²) in [5.41, 5.74) is 0.273. The summed E-state index contributed by atoms with van der Waals surface area (Å²) in [7, 11) is 0. The molecule has 1 atom stereocenters. The lowest BCUT2D eigenvalue weighted by atomic mass is 10.1. The highest BCUT2D eigenvalue weighted by molar-refractivity contribution is 6.29. The third kappa shape index (κ3) is 3.17. The van der Waals surface area contributed by atoms with Crippen molar-refractivity contribution in [1.29, 1.82) is 0 Å². The average molecular weight is 240 g/mol. The fourth-order valence-corrected chi connectivity index (χ4v) is 1.81. The molecule has 0 aromatic carbocycles. The van der Waals surface area contributed by atoms with Crippen molar-refractivity contribution >= 4 is 17.5 Å². The minimum atomic E-state index is -0.205. The summed E-state index contributed by atoms with van der Waals surface area (Å²) in [4.78, 5) is 19.5. The Balaban J connectivity index is 1.91. The van der Waals surface area contributed by atoms with Crippen LogP contribution in [0.25, 0.3) is 0 Å². The zero-order valence-electron chi connectivity index (χ0n) is 9.11. The smallest absolute Gasteiger partial charge is 0.271 e. The monoisotopic (exact) mass is 239 g/mol. The standard InChI is InChI=1S/C11H14ClN3O/c1-7(4-8-2-3-8)14-11(16)9-5-13-6-10(12)15-9/h5-8H,2-4H2,1H3,(H,14,16). The van der Waals surface area contributed by atoms with Crippen LogP contribution >= 0.6 is 11.6 Å². The van der Waals surface area contributed by atoms with Gasteiger partial charge in [0.25, 0.3) is 5.91 Å². The van der Waals surface area contributed by atoms with Crippen LogP contribution in [0, 0.1) is 5.92 Å². The highest BCUT2D eigenvalue weighted by atomic mass is 35.5. The van der Waals surface area contributed by atoms with Gasteiger partial charge in [0.2, 0.25) is 0 Å². The van der Waals surface area contributed by atoms with Crippen molar-refractivity contribution in [1.82, 2.24) is 15.3 Å². The number of hydrogen-bond acceptors (Lipinski definition) is 3.